The van der Waals surface area contributed by atoms with Crippen LogP contribution in [0.2, 0.25) is 0 Å². The zero-order valence-electron chi connectivity index (χ0n) is 20.0. The molecule has 1 saturated carbocycles. The highest BCUT2D eigenvalue weighted by Gasteiger charge is 2.37. The van der Waals surface area contributed by atoms with Gasteiger partial charge in [-0.25, -0.2) is 0 Å². The first-order valence-corrected chi connectivity index (χ1v) is 12.7. The Kier molecular flexibility index (Phi) is 8.77. The second-order valence-electron chi connectivity index (χ2n) is 9.97. The zero-order chi connectivity index (χ0) is 22.1. The van der Waals surface area contributed by atoms with Crippen LogP contribution < -0.4 is 0 Å². The highest BCUT2D eigenvalue weighted by Crippen LogP contribution is 2.43. The smallest absolute Gasteiger partial charge is 0.0822 e. The summed E-state index contributed by atoms with van der Waals surface area (Å²) < 4.78 is 0. The Labute approximate surface area is 190 Å². The van der Waals surface area contributed by atoms with Gasteiger partial charge in [0.05, 0.1) is 11.5 Å². The number of hydrogen-bond acceptors (Lipinski definition) is 1. The van der Waals surface area contributed by atoms with Crippen molar-refractivity contribution in [2.24, 2.45) is 11.8 Å². The maximum atomic E-state index is 10.1. The molecule has 1 unspecified atom stereocenters. The molecule has 0 radical (unpaired) electrons. The largest absolute Gasteiger partial charge is 0.197 e. The first kappa shape index (κ1) is 23.6. The van der Waals surface area contributed by atoms with Crippen molar-refractivity contribution in [3.8, 4) is 17.2 Å². The molecule has 1 atom stereocenters. The molecule has 1 fully saturated rings. The van der Waals surface area contributed by atoms with Crippen LogP contribution in [0.3, 0.4) is 0 Å². The maximum absolute atomic E-state index is 10.1. The molecular formula is C30H41N. The van der Waals surface area contributed by atoms with E-state index in [-0.39, 0.29) is 5.41 Å². The molecule has 1 heteroatoms. The van der Waals surface area contributed by atoms with E-state index in [2.05, 4.69) is 75.4 Å². The fraction of sp³-hybridized carbons (Fsp3) is 0.567. The second-order valence-corrected chi connectivity index (χ2v) is 9.97. The molecule has 1 aliphatic carbocycles. The van der Waals surface area contributed by atoms with Crippen LogP contribution in [-0.2, 0) is 11.8 Å². The van der Waals surface area contributed by atoms with Crippen molar-refractivity contribution < 1.29 is 0 Å². The van der Waals surface area contributed by atoms with E-state index in [1.165, 1.54) is 80.0 Å². The average molecular weight is 416 g/mol. The summed E-state index contributed by atoms with van der Waals surface area (Å²) in [6.07, 6.45) is 13.4. The van der Waals surface area contributed by atoms with Gasteiger partial charge in [-0.2, -0.15) is 5.26 Å². The van der Waals surface area contributed by atoms with E-state index >= 15 is 0 Å². The van der Waals surface area contributed by atoms with E-state index < -0.39 is 0 Å². The molecule has 0 aromatic heterocycles. The SMILES string of the molecule is CCCCCCc1ccc(-c2ccc(C3(C#N)CCC(CC(C)CC)CC3)cc2)cc1. The quantitative estimate of drug-likeness (QED) is 0.355. The number of hydrogen-bond donors (Lipinski definition) is 0. The van der Waals surface area contributed by atoms with Gasteiger partial charge in [0.15, 0.2) is 0 Å². The lowest BCUT2D eigenvalue weighted by Gasteiger charge is -2.36. The van der Waals surface area contributed by atoms with Crippen molar-refractivity contribution in [2.75, 3.05) is 0 Å². The minimum absolute atomic E-state index is 0.285. The Morgan fingerprint density at radius 3 is 2.06 bits per heavy atom. The van der Waals surface area contributed by atoms with Crippen LogP contribution in [0.5, 0.6) is 0 Å². The summed E-state index contributed by atoms with van der Waals surface area (Å²) in [6.45, 7) is 6.91. The number of unbranched alkanes of at least 4 members (excludes halogenated alkanes) is 3. The number of nitrogens with zero attached hydrogens (tertiary/aromatic N) is 1. The van der Waals surface area contributed by atoms with E-state index in [1.807, 2.05) is 0 Å². The molecule has 0 amide bonds. The van der Waals surface area contributed by atoms with E-state index in [0.717, 1.165) is 24.7 Å². The number of rotatable bonds is 10. The summed E-state index contributed by atoms with van der Waals surface area (Å²) in [4.78, 5) is 0. The Hall–Kier alpha value is -2.07. The van der Waals surface area contributed by atoms with Crippen LogP contribution in [0.25, 0.3) is 11.1 Å². The molecule has 0 spiro atoms. The molecule has 166 valence electrons. The van der Waals surface area contributed by atoms with Crippen LogP contribution in [0.15, 0.2) is 48.5 Å². The Morgan fingerprint density at radius 2 is 1.52 bits per heavy atom. The third kappa shape index (κ3) is 6.22. The molecule has 1 nitrogen and oxygen atoms in total. The van der Waals surface area contributed by atoms with E-state index in [0.29, 0.717) is 0 Å². The van der Waals surface area contributed by atoms with E-state index in [9.17, 15) is 5.26 Å². The van der Waals surface area contributed by atoms with Gasteiger partial charge in [0.2, 0.25) is 0 Å². The molecule has 0 saturated heterocycles. The zero-order valence-corrected chi connectivity index (χ0v) is 20.0. The van der Waals surface area contributed by atoms with Gasteiger partial charge in [0.25, 0.3) is 0 Å². The van der Waals surface area contributed by atoms with Gasteiger partial charge in [-0.05, 0) is 79.0 Å². The lowest BCUT2D eigenvalue weighted by Crippen LogP contribution is -2.30. The van der Waals surface area contributed by atoms with Crippen molar-refractivity contribution in [1.82, 2.24) is 0 Å². The second kappa shape index (κ2) is 11.5. The molecule has 0 heterocycles. The highest BCUT2D eigenvalue weighted by atomic mass is 14.4. The minimum atomic E-state index is -0.285. The van der Waals surface area contributed by atoms with Crippen molar-refractivity contribution >= 4 is 0 Å². The summed E-state index contributed by atoms with van der Waals surface area (Å²) in [5.41, 5.74) is 4.89. The number of aryl methyl sites for hydroxylation is 1. The average Bonchev–Trinajstić information content (AvgIpc) is 2.83. The van der Waals surface area contributed by atoms with Crippen LogP contribution in [0, 0.1) is 23.2 Å². The maximum Gasteiger partial charge on any atom is 0.0822 e. The number of nitriles is 1. The summed E-state index contributed by atoms with van der Waals surface area (Å²) in [7, 11) is 0. The molecular weight excluding hydrogens is 374 g/mol. The van der Waals surface area contributed by atoms with E-state index in [4.69, 9.17) is 0 Å². The number of benzene rings is 2. The first-order chi connectivity index (χ1) is 15.1. The highest BCUT2D eigenvalue weighted by molar-refractivity contribution is 5.64. The lowest BCUT2D eigenvalue weighted by atomic mass is 9.66. The summed E-state index contributed by atoms with van der Waals surface area (Å²) in [6, 6.07) is 20.7. The fourth-order valence-electron chi connectivity index (χ4n) is 5.21. The predicted octanol–water partition coefficient (Wildman–Crippen LogP) is 8.86. The van der Waals surface area contributed by atoms with Crippen LogP contribution in [0.4, 0.5) is 0 Å². The van der Waals surface area contributed by atoms with Crippen molar-refractivity contribution in [1.29, 1.82) is 5.26 Å². The third-order valence-electron chi connectivity index (χ3n) is 7.65. The van der Waals surface area contributed by atoms with Gasteiger partial charge in [-0.15, -0.1) is 0 Å². The predicted molar refractivity (Wildman–Crippen MR) is 133 cm³/mol. The Morgan fingerprint density at radius 1 is 0.903 bits per heavy atom. The topological polar surface area (TPSA) is 23.8 Å². The fourth-order valence-corrected chi connectivity index (χ4v) is 5.21. The van der Waals surface area contributed by atoms with Crippen molar-refractivity contribution in [2.45, 2.75) is 96.8 Å². The van der Waals surface area contributed by atoms with Crippen LogP contribution >= 0.6 is 0 Å². The van der Waals surface area contributed by atoms with Crippen molar-refractivity contribution in [3.05, 3.63) is 59.7 Å². The van der Waals surface area contributed by atoms with Crippen LogP contribution in [0.1, 0.15) is 96.1 Å². The molecule has 2 aromatic rings. The van der Waals surface area contributed by atoms with Gasteiger partial charge in [0, 0.05) is 0 Å². The van der Waals surface area contributed by atoms with Gasteiger partial charge >= 0.3 is 0 Å². The molecule has 31 heavy (non-hydrogen) atoms. The van der Waals surface area contributed by atoms with Gasteiger partial charge in [0.1, 0.15) is 0 Å². The van der Waals surface area contributed by atoms with Crippen LogP contribution in [-0.4, -0.2) is 0 Å². The lowest BCUT2D eigenvalue weighted by molar-refractivity contribution is 0.241. The molecule has 3 rings (SSSR count). The van der Waals surface area contributed by atoms with Gasteiger partial charge < -0.3 is 0 Å². The summed E-state index contributed by atoms with van der Waals surface area (Å²) >= 11 is 0. The Balaban J connectivity index is 1.62. The standard InChI is InChI=1S/C30H41N/c1-4-6-7-8-9-25-10-12-27(13-11-25)28-14-16-29(17-15-28)30(23-31)20-18-26(19-21-30)22-24(3)5-2/h10-17,24,26H,4-9,18-22H2,1-3H3. The van der Waals surface area contributed by atoms with Gasteiger partial charge in [-0.1, -0.05) is 95.0 Å². The molecule has 1 aliphatic rings. The van der Waals surface area contributed by atoms with Crippen molar-refractivity contribution in [3.63, 3.8) is 0 Å². The monoisotopic (exact) mass is 415 g/mol. The Bertz CT molecular complexity index is 816. The molecule has 0 aliphatic heterocycles. The first-order valence-electron chi connectivity index (χ1n) is 12.7. The molecule has 0 N–H and O–H groups in total. The third-order valence-corrected chi connectivity index (χ3v) is 7.65. The molecule has 0 bridgehead atoms. The molecule has 2 aromatic carbocycles. The minimum Gasteiger partial charge on any atom is -0.197 e. The summed E-state index contributed by atoms with van der Waals surface area (Å²) in [5, 5.41) is 10.1. The normalized spacial score (nSPS) is 22.1. The summed E-state index contributed by atoms with van der Waals surface area (Å²) in [5.74, 6) is 1.61. The van der Waals surface area contributed by atoms with E-state index in [1.54, 1.807) is 0 Å². The van der Waals surface area contributed by atoms with Gasteiger partial charge in [-0.3, -0.25) is 0 Å².